The molecule has 2 N–H and O–H groups in total. The molecule has 0 spiro atoms. The summed E-state index contributed by atoms with van der Waals surface area (Å²) >= 11 is 7.33. The van der Waals surface area contributed by atoms with Gasteiger partial charge in [0.15, 0.2) is 0 Å². The Bertz CT molecular complexity index is 304. The minimum Gasteiger partial charge on any atom is -0.395 e. The van der Waals surface area contributed by atoms with Crippen LogP contribution in [-0.4, -0.2) is 22.1 Å². The van der Waals surface area contributed by atoms with Gasteiger partial charge in [-0.1, -0.05) is 18.5 Å². The van der Waals surface area contributed by atoms with E-state index in [1.165, 1.54) is 11.8 Å². The summed E-state index contributed by atoms with van der Waals surface area (Å²) in [6.45, 7) is 2.03. The number of halogens is 1. The quantitative estimate of drug-likeness (QED) is 0.783. The molecule has 0 fully saturated rings. The standard InChI is InChI=1S/C10H13ClO2S/c1-7(5-12)14-10-3-2-9(11)4-8(10)6-13/h2-4,7,12-13H,5-6H2,1H3. The van der Waals surface area contributed by atoms with Crippen molar-refractivity contribution in [1.29, 1.82) is 0 Å². The molecule has 1 rings (SSSR count). The van der Waals surface area contributed by atoms with Crippen LogP contribution in [0.25, 0.3) is 0 Å². The van der Waals surface area contributed by atoms with Gasteiger partial charge in [-0.2, -0.15) is 0 Å². The molecule has 1 aromatic carbocycles. The molecule has 1 atom stereocenters. The van der Waals surface area contributed by atoms with Gasteiger partial charge in [-0.05, 0) is 23.8 Å². The van der Waals surface area contributed by atoms with Crippen molar-refractivity contribution in [2.24, 2.45) is 0 Å². The normalized spacial score (nSPS) is 12.9. The molecule has 1 aromatic rings. The molecule has 0 amide bonds. The summed E-state index contributed by atoms with van der Waals surface area (Å²) in [6.07, 6.45) is 0. The highest BCUT2D eigenvalue weighted by Crippen LogP contribution is 2.28. The maximum absolute atomic E-state index is 9.09. The average Bonchev–Trinajstić information content (AvgIpc) is 2.20. The molecular weight excluding hydrogens is 220 g/mol. The predicted molar refractivity (Wildman–Crippen MR) is 59.8 cm³/mol. The van der Waals surface area contributed by atoms with E-state index in [4.69, 9.17) is 21.8 Å². The van der Waals surface area contributed by atoms with Crippen LogP contribution in [0.3, 0.4) is 0 Å². The molecule has 0 bridgehead atoms. The van der Waals surface area contributed by atoms with Crippen molar-refractivity contribution < 1.29 is 10.2 Å². The number of aliphatic hydroxyl groups is 2. The number of benzene rings is 1. The lowest BCUT2D eigenvalue weighted by Crippen LogP contribution is -2.02. The first-order chi connectivity index (χ1) is 6.67. The first kappa shape index (κ1) is 11.9. The van der Waals surface area contributed by atoms with Gasteiger partial charge < -0.3 is 10.2 Å². The van der Waals surface area contributed by atoms with Crippen LogP contribution in [0.5, 0.6) is 0 Å². The molecule has 0 saturated carbocycles. The van der Waals surface area contributed by atoms with Gasteiger partial charge in [-0.3, -0.25) is 0 Å². The fourth-order valence-corrected chi connectivity index (χ4v) is 2.16. The van der Waals surface area contributed by atoms with Crippen molar-refractivity contribution in [3.63, 3.8) is 0 Å². The maximum Gasteiger partial charge on any atom is 0.0693 e. The molecule has 0 aromatic heterocycles. The number of hydrogen-bond donors (Lipinski definition) is 2. The Morgan fingerprint density at radius 3 is 2.71 bits per heavy atom. The van der Waals surface area contributed by atoms with Gasteiger partial charge in [0.25, 0.3) is 0 Å². The monoisotopic (exact) mass is 232 g/mol. The van der Waals surface area contributed by atoms with E-state index in [2.05, 4.69) is 0 Å². The highest BCUT2D eigenvalue weighted by molar-refractivity contribution is 8.00. The fraction of sp³-hybridized carbons (Fsp3) is 0.400. The van der Waals surface area contributed by atoms with Crippen LogP contribution in [0, 0.1) is 0 Å². The zero-order valence-electron chi connectivity index (χ0n) is 7.90. The highest BCUT2D eigenvalue weighted by atomic mass is 35.5. The maximum atomic E-state index is 9.09. The van der Waals surface area contributed by atoms with Crippen molar-refractivity contribution in [2.45, 2.75) is 23.7 Å². The zero-order chi connectivity index (χ0) is 10.6. The lowest BCUT2D eigenvalue weighted by molar-refractivity contribution is 0.278. The first-order valence-corrected chi connectivity index (χ1v) is 5.60. The van der Waals surface area contributed by atoms with Crippen LogP contribution in [0.4, 0.5) is 0 Å². The van der Waals surface area contributed by atoms with E-state index < -0.39 is 0 Å². The second-order valence-corrected chi connectivity index (χ2v) is 4.94. The van der Waals surface area contributed by atoms with Crippen LogP contribution in [0.1, 0.15) is 12.5 Å². The Morgan fingerprint density at radius 2 is 2.14 bits per heavy atom. The van der Waals surface area contributed by atoms with E-state index in [1.807, 2.05) is 13.0 Å². The van der Waals surface area contributed by atoms with Crippen molar-refractivity contribution >= 4 is 23.4 Å². The lowest BCUT2D eigenvalue weighted by Gasteiger charge is -2.11. The van der Waals surface area contributed by atoms with Gasteiger partial charge in [-0.25, -0.2) is 0 Å². The molecular formula is C10H13ClO2S. The average molecular weight is 233 g/mol. The summed E-state index contributed by atoms with van der Waals surface area (Å²) in [6, 6.07) is 5.39. The molecule has 4 heteroatoms. The second-order valence-electron chi connectivity index (χ2n) is 3.02. The summed E-state index contributed by atoms with van der Waals surface area (Å²) in [5.41, 5.74) is 0.808. The Balaban J connectivity index is 2.85. The number of hydrogen-bond acceptors (Lipinski definition) is 3. The molecule has 0 aliphatic heterocycles. The second kappa shape index (κ2) is 5.61. The van der Waals surface area contributed by atoms with Crippen LogP contribution >= 0.6 is 23.4 Å². The Labute approximate surface area is 92.9 Å². The van der Waals surface area contributed by atoms with Crippen LogP contribution < -0.4 is 0 Å². The molecule has 0 aliphatic carbocycles. The molecule has 0 radical (unpaired) electrons. The van der Waals surface area contributed by atoms with Crippen LogP contribution in [0.15, 0.2) is 23.1 Å². The SMILES string of the molecule is CC(CO)Sc1ccc(Cl)cc1CO. The molecule has 1 unspecified atom stereocenters. The van der Waals surface area contributed by atoms with Gasteiger partial charge in [0.1, 0.15) is 0 Å². The fourth-order valence-electron chi connectivity index (χ4n) is 1.04. The molecule has 2 nitrogen and oxygen atoms in total. The minimum atomic E-state index is -0.0267. The predicted octanol–water partition coefficient (Wildman–Crippen LogP) is 2.31. The molecule has 0 aliphatic rings. The van der Waals surface area contributed by atoms with E-state index in [9.17, 15) is 0 Å². The lowest BCUT2D eigenvalue weighted by atomic mass is 10.2. The summed E-state index contributed by atoms with van der Waals surface area (Å²) in [4.78, 5) is 0.971. The molecule has 78 valence electrons. The van der Waals surface area contributed by atoms with E-state index in [1.54, 1.807) is 12.1 Å². The van der Waals surface area contributed by atoms with Gasteiger partial charge in [0, 0.05) is 15.2 Å². The third-order valence-corrected chi connectivity index (χ3v) is 3.22. The number of aliphatic hydroxyl groups excluding tert-OH is 2. The summed E-state index contributed by atoms with van der Waals surface area (Å²) < 4.78 is 0. The Morgan fingerprint density at radius 1 is 1.43 bits per heavy atom. The van der Waals surface area contributed by atoms with Crippen LogP contribution in [-0.2, 0) is 6.61 Å². The number of rotatable bonds is 4. The summed E-state index contributed by atoms with van der Waals surface area (Å²) in [7, 11) is 0. The van der Waals surface area contributed by atoms with Crippen molar-refractivity contribution in [3.8, 4) is 0 Å². The number of thioether (sulfide) groups is 1. The highest BCUT2D eigenvalue weighted by Gasteiger charge is 2.07. The molecule has 0 heterocycles. The minimum absolute atomic E-state index is 0.0267. The third kappa shape index (κ3) is 3.17. The van der Waals surface area contributed by atoms with Gasteiger partial charge in [0.05, 0.1) is 13.2 Å². The summed E-state index contributed by atoms with van der Waals surface area (Å²) in [5.74, 6) is 0. The van der Waals surface area contributed by atoms with Gasteiger partial charge >= 0.3 is 0 Å². The van der Waals surface area contributed by atoms with Crippen molar-refractivity contribution in [3.05, 3.63) is 28.8 Å². The van der Waals surface area contributed by atoms with E-state index in [-0.39, 0.29) is 18.5 Å². The largest absolute Gasteiger partial charge is 0.395 e. The van der Waals surface area contributed by atoms with Gasteiger partial charge in [-0.15, -0.1) is 11.8 Å². The summed E-state index contributed by atoms with van der Waals surface area (Å²) in [5, 5.41) is 18.7. The van der Waals surface area contributed by atoms with Crippen molar-refractivity contribution in [1.82, 2.24) is 0 Å². The Hall–Kier alpha value is -0.220. The third-order valence-electron chi connectivity index (χ3n) is 1.78. The topological polar surface area (TPSA) is 40.5 Å². The van der Waals surface area contributed by atoms with Gasteiger partial charge in [0.2, 0.25) is 0 Å². The van der Waals surface area contributed by atoms with Crippen molar-refractivity contribution in [2.75, 3.05) is 6.61 Å². The Kier molecular flexibility index (Phi) is 4.75. The smallest absolute Gasteiger partial charge is 0.0693 e. The van der Waals surface area contributed by atoms with E-state index in [0.29, 0.717) is 5.02 Å². The molecule has 14 heavy (non-hydrogen) atoms. The molecule has 0 saturated heterocycles. The first-order valence-electron chi connectivity index (χ1n) is 4.34. The van der Waals surface area contributed by atoms with E-state index >= 15 is 0 Å². The van der Waals surface area contributed by atoms with E-state index in [0.717, 1.165) is 10.5 Å². The van der Waals surface area contributed by atoms with Crippen LogP contribution in [0.2, 0.25) is 5.02 Å². The zero-order valence-corrected chi connectivity index (χ0v) is 9.48.